The smallest absolute Gasteiger partial charge is 0.276 e. The van der Waals surface area contributed by atoms with Crippen LogP contribution in [0.15, 0.2) is 24.3 Å². The van der Waals surface area contributed by atoms with E-state index in [0.29, 0.717) is 18.1 Å². The quantitative estimate of drug-likeness (QED) is 0.762. The van der Waals surface area contributed by atoms with Gasteiger partial charge in [0.05, 0.1) is 6.61 Å². The third kappa shape index (κ3) is 4.15. The number of hydrogen-bond acceptors (Lipinski definition) is 4. The van der Waals surface area contributed by atoms with Gasteiger partial charge in [-0.05, 0) is 31.9 Å². The van der Waals surface area contributed by atoms with Crippen molar-refractivity contribution in [3.05, 3.63) is 24.3 Å². The Morgan fingerprint density at radius 1 is 1.15 bits per heavy atom. The van der Waals surface area contributed by atoms with E-state index in [4.69, 9.17) is 9.47 Å². The highest BCUT2D eigenvalue weighted by molar-refractivity contribution is 5.85. The Labute approximate surface area is 117 Å². The Morgan fingerprint density at radius 2 is 1.80 bits per heavy atom. The number of rotatable bonds is 6. The average Bonchev–Trinajstić information content (AvgIpc) is 3.29. The van der Waals surface area contributed by atoms with Gasteiger partial charge in [0.15, 0.2) is 18.1 Å². The van der Waals surface area contributed by atoms with E-state index in [1.54, 1.807) is 18.2 Å². The second-order valence-electron chi connectivity index (χ2n) is 4.48. The SMILES string of the molecule is CCOc1ccccc1OCC(=O)NNC(=O)C1CC1. The molecule has 0 aliphatic heterocycles. The minimum absolute atomic E-state index is 0.0508. The van der Waals surface area contributed by atoms with Gasteiger partial charge in [0, 0.05) is 5.92 Å². The minimum atomic E-state index is -0.412. The van der Waals surface area contributed by atoms with Gasteiger partial charge in [-0.2, -0.15) is 0 Å². The Kier molecular flexibility index (Phi) is 4.81. The van der Waals surface area contributed by atoms with E-state index >= 15 is 0 Å². The molecule has 1 aliphatic carbocycles. The van der Waals surface area contributed by atoms with Crippen LogP contribution in [0.25, 0.3) is 0 Å². The average molecular weight is 278 g/mol. The molecule has 1 aromatic carbocycles. The number of para-hydroxylation sites is 2. The molecular formula is C14H18N2O4. The molecule has 2 N–H and O–H groups in total. The summed E-state index contributed by atoms with van der Waals surface area (Å²) in [5.74, 6) is 0.580. The molecule has 6 heteroatoms. The summed E-state index contributed by atoms with van der Waals surface area (Å²) >= 11 is 0. The van der Waals surface area contributed by atoms with Crippen LogP contribution in [0.2, 0.25) is 0 Å². The Hall–Kier alpha value is -2.24. The zero-order valence-electron chi connectivity index (χ0n) is 11.3. The number of amides is 2. The van der Waals surface area contributed by atoms with Crippen LogP contribution in [0, 0.1) is 5.92 Å². The number of nitrogens with one attached hydrogen (secondary N) is 2. The maximum atomic E-state index is 11.5. The lowest BCUT2D eigenvalue weighted by molar-refractivity contribution is -0.130. The molecule has 108 valence electrons. The molecule has 1 aliphatic rings. The number of carbonyl (C=O) groups excluding carboxylic acids is 2. The summed E-state index contributed by atoms with van der Waals surface area (Å²) < 4.78 is 10.8. The van der Waals surface area contributed by atoms with Gasteiger partial charge in [-0.15, -0.1) is 0 Å². The summed E-state index contributed by atoms with van der Waals surface area (Å²) in [5, 5.41) is 0. The summed E-state index contributed by atoms with van der Waals surface area (Å²) in [5.41, 5.74) is 4.69. The van der Waals surface area contributed by atoms with Gasteiger partial charge in [-0.25, -0.2) is 0 Å². The number of hydrogen-bond donors (Lipinski definition) is 2. The zero-order chi connectivity index (χ0) is 14.4. The van der Waals surface area contributed by atoms with E-state index in [0.717, 1.165) is 12.8 Å². The summed E-state index contributed by atoms with van der Waals surface area (Å²) in [7, 11) is 0. The molecule has 2 amide bonds. The highest BCUT2D eigenvalue weighted by Gasteiger charge is 2.29. The first-order valence-corrected chi connectivity index (χ1v) is 6.64. The molecule has 0 atom stereocenters. The van der Waals surface area contributed by atoms with Crippen molar-refractivity contribution in [1.82, 2.24) is 10.9 Å². The molecule has 0 bridgehead atoms. The Bertz CT molecular complexity index is 486. The number of ether oxygens (including phenoxy) is 2. The second-order valence-corrected chi connectivity index (χ2v) is 4.48. The Morgan fingerprint density at radius 3 is 2.40 bits per heavy atom. The summed E-state index contributed by atoms with van der Waals surface area (Å²) in [4.78, 5) is 22.9. The monoisotopic (exact) mass is 278 g/mol. The van der Waals surface area contributed by atoms with E-state index in [2.05, 4.69) is 10.9 Å². The van der Waals surface area contributed by atoms with Gasteiger partial charge in [-0.3, -0.25) is 20.4 Å². The molecule has 0 heterocycles. The van der Waals surface area contributed by atoms with Crippen molar-refractivity contribution < 1.29 is 19.1 Å². The van der Waals surface area contributed by atoms with E-state index in [1.165, 1.54) is 0 Å². The molecule has 1 fully saturated rings. The van der Waals surface area contributed by atoms with E-state index in [9.17, 15) is 9.59 Å². The van der Waals surface area contributed by atoms with Crippen molar-refractivity contribution in [2.24, 2.45) is 5.92 Å². The molecule has 6 nitrogen and oxygen atoms in total. The molecular weight excluding hydrogens is 260 g/mol. The van der Waals surface area contributed by atoms with Crippen LogP contribution < -0.4 is 20.3 Å². The lowest BCUT2D eigenvalue weighted by Gasteiger charge is -2.11. The molecule has 0 aromatic heterocycles. The molecule has 1 aromatic rings. The lowest BCUT2D eigenvalue weighted by Crippen LogP contribution is -2.44. The summed E-state index contributed by atoms with van der Waals surface area (Å²) in [6, 6.07) is 7.12. The first-order chi connectivity index (χ1) is 9.70. The largest absolute Gasteiger partial charge is 0.490 e. The zero-order valence-corrected chi connectivity index (χ0v) is 11.3. The van der Waals surface area contributed by atoms with Crippen molar-refractivity contribution in [1.29, 1.82) is 0 Å². The highest BCUT2D eigenvalue weighted by atomic mass is 16.5. The molecule has 0 unspecified atom stereocenters. The van der Waals surface area contributed by atoms with E-state index < -0.39 is 5.91 Å². The van der Waals surface area contributed by atoms with Crippen LogP contribution in [-0.2, 0) is 9.59 Å². The number of hydrazine groups is 1. The highest BCUT2D eigenvalue weighted by Crippen LogP contribution is 2.28. The second kappa shape index (κ2) is 6.79. The standard InChI is InChI=1S/C14H18N2O4/c1-2-19-11-5-3-4-6-12(11)20-9-13(17)15-16-14(18)10-7-8-10/h3-6,10H,2,7-9H2,1H3,(H,15,17)(H,16,18). The normalized spacial score (nSPS) is 13.4. The third-order valence-electron chi connectivity index (χ3n) is 2.78. The fraction of sp³-hybridized carbons (Fsp3) is 0.429. The lowest BCUT2D eigenvalue weighted by atomic mass is 10.3. The predicted molar refractivity (Wildman–Crippen MR) is 72.1 cm³/mol. The van der Waals surface area contributed by atoms with E-state index in [-0.39, 0.29) is 18.4 Å². The van der Waals surface area contributed by atoms with Crippen LogP contribution in [0.4, 0.5) is 0 Å². The van der Waals surface area contributed by atoms with Crippen LogP contribution in [0.3, 0.4) is 0 Å². The summed E-state index contributed by atoms with van der Waals surface area (Å²) in [6.07, 6.45) is 1.78. The molecule has 0 spiro atoms. The Balaban J connectivity index is 1.76. The fourth-order valence-electron chi connectivity index (χ4n) is 1.60. The van der Waals surface area contributed by atoms with Gasteiger partial charge in [0.25, 0.3) is 5.91 Å². The van der Waals surface area contributed by atoms with Gasteiger partial charge >= 0.3 is 0 Å². The van der Waals surface area contributed by atoms with Crippen molar-refractivity contribution >= 4 is 11.8 Å². The molecule has 20 heavy (non-hydrogen) atoms. The van der Waals surface area contributed by atoms with Gasteiger partial charge in [-0.1, -0.05) is 12.1 Å². The predicted octanol–water partition coefficient (Wildman–Crippen LogP) is 1.02. The molecule has 0 saturated heterocycles. The molecule has 1 saturated carbocycles. The molecule has 0 radical (unpaired) electrons. The summed E-state index contributed by atoms with van der Waals surface area (Å²) in [6.45, 7) is 2.20. The van der Waals surface area contributed by atoms with Crippen molar-refractivity contribution in [3.8, 4) is 11.5 Å². The first-order valence-electron chi connectivity index (χ1n) is 6.64. The first kappa shape index (κ1) is 14.2. The topological polar surface area (TPSA) is 76.7 Å². The maximum Gasteiger partial charge on any atom is 0.276 e. The van der Waals surface area contributed by atoms with Gasteiger partial charge in [0.2, 0.25) is 5.91 Å². The van der Waals surface area contributed by atoms with Gasteiger partial charge in [0.1, 0.15) is 0 Å². The van der Waals surface area contributed by atoms with Crippen LogP contribution in [0.1, 0.15) is 19.8 Å². The number of benzene rings is 1. The van der Waals surface area contributed by atoms with Crippen LogP contribution in [-0.4, -0.2) is 25.0 Å². The third-order valence-corrected chi connectivity index (χ3v) is 2.78. The van der Waals surface area contributed by atoms with Crippen molar-refractivity contribution in [2.45, 2.75) is 19.8 Å². The minimum Gasteiger partial charge on any atom is -0.490 e. The van der Waals surface area contributed by atoms with Gasteiger partial charge < -0.3 is 9.47 Å². The van der Waals surface area contributed by atoms with Crippen LogP contribution >= 0.6 is 0 Å². The van der Waals surface area contributed by atoms with Crippen LogP contribution in [0.5, 0.6) is 11.5 Å². The fourth-order valence-corrected chi connectivity index (χ4v) is 1.60. The van der Waals surface area contributed by atoms with E-state index in [1.807, 2.05) is 13.0 Å². The maximum absolute atomic E-state index is 11.5. The number of carbonyl (C=O) groups is 2. The molecule has 2 rings (SSSR count). The van der Waals surface area contributed by atoms with Crippen molar-refractivity contribution in [2.75, 3.05) is 13.2 Å². The van der Waals surface area contributed by atoms with Crippen molar-refractivity contribution in [3.63, 3.8) is 0 Å².